The zero-order valence-corrected chi connectivity index (χ0v) is 12.0. The van der Waals surface area contributed by atoms with Gasteiger partial charge in [-0.05, 0) is 30.2 Å². The summed E-state index contributed by atoms with van der Waals surface area (Å²) < 4.78 is 22.8. The summed E-state index contributed by atoms with van der Waals surface area (Å²) >= 11 is 0. The summed E-state index contributed by atoms with van der Waals surface area (Å²) in [6.07, 6.45) is 0.404. The monoisotopic (exact) mass is 269 g/mol. The van der Waals surface area contributed by atoms with Gasteiger partial charge in [0.2, 0.25) is 0 Å². The fraction of sp³-hybridized carbons (Fsp3) is 0.600. The van der Waals surface area contributed by atoms with E-state index in [4.69, 9.17) is 9.47 Å². The summed E-state index contributed by atoms with van der Waals surface area (Å²) in [6, 6.07) is 5.84. The van der Waals surface area contributed by atoms with E-state index < -0.39 is 0 Å². The molecule has 0 bridgehead atoms. The van der Waals surface area contributed by atoms with Crippen molar-refractivity contribution in [1.82, 2.24) is 5.32 Å². The van der Waals surface area contributed by atoms with Gasteiger partial charge in [0.25, 0.3) is 0 Å². The highest BCUT2D eigenvalue weighted by molar-refractivity contribution is 5.42. The van der Waals surface area contributed by atoms with Gasteiger partial charge in [-0.2, -0.15) is 0 Å². The molecule has 4 heteroatoms. The molecule has 0 atom stereocenters. The first-order chi connectivity index (χ1) is 9.17. The summed E-state index contributed by atoms with van der Waals surface area (Å²) in [5.41, 5.74) is 1.15. The van der Waals surface area contributed by atoms with Crippen LogP contribution in [0.5, 0.6) is 11.5 Å². The van der Waals surface area contributed by atoms with Crippen LogP contribution in [0.2, 0.25) is 0 Å². The van der Waals surface area contributed by atoms with Crippen molar-refractivity contribution in [1.29, 1.82) is 0 Å². The molecule has 108 valence electrons. The van der Waals surface area contributed by atoms with Crippen LogP contribution < -0.4 is 14.8 Å². The number of nitrogens with one attached hydrogen (secondary N) is 1. The molecule has 0 radical (unpaired) electrons. The van der Waals surface area contributed by atoms with Crippen LogP contribution in [0.1, 0.15) is 25.8 Å². The maximum Gasteiger partial charge on any atom is 0.161 e. The van der Waals surface area contributed by atoms with Crippen molar-refractivity contribution >= 4 is 0 Å². The lowest BCUT2D eigenvalue weighted by Crippen LogP contribution is -2.18. The van der Waals surface area contributed by atoms with E-state index in [2.05, 4.69) is 19.2 Å². The third kappa shape index (κ3) is 5.92. The summed E-state index contributed by atoms with van der Waals surface area (Å²) in [5.74, 6) is 2.00. The number of rotatable bonds is 9. The summed E-state index contributed by atoms with van der Waals surface area (Å²) in [4.78, 5) is 0. The Kier molecular flexibility index (Phi) is 7.26. The fourth-order valence-electron chi connectivity index (χ4n) is 1.68. The molecular formula is C15H24FNO2. The first kappa shape index (κ1) is 15.8. The number of halogens is 1. The van der Waals surface area contributed by atoms with E-state index in [9.17, 15) is 4.39 Å². The van der Waals surface area contributed by atoms with Gasteiger partial charge in [0.1, 0.15) is 0 Å². The van der Waals surface area contributed by atoms with Crippen molar-refractivity contribution in [2.45, 2.75) is 26.8 Å². The van der Waals surface area contributed by atoms with Gasteiger partial charge in [0.05, 0.1) is 20.4 Å². The van der Waals surface area contributed by atoms with Gasteiger partial charge in [0.15, 0.2) is 11.5 Å². The second kappa shape index (κ2) is 8.75. The van der Waals surface area contributed by atoms with Gasteiger partial charge in [-0.25, -0.2) is 0 Å². The fourth-order valence-corrected chi connectivity index (χ4v) is 1.68. The minimum absolute atomic E-state index is 0.362. The zero-order valence-electron chi connectivity index (χ0n) is 12.0. The lowest BCUT2D eigenvalue weighted by molar-refractivity contribution is 0.273. The number of ether oxygens (including phenoxy) is 2. The number of benzene rings is 1. The van der Waals surface area contributed by atoms with Crippen molar-refractivity contribution in [3.63, 3.8) is 0 Å². The number of hydrogen-bond acceptors (Lipinski definition) is 3. The summed E-state index contributed by atoms with van der Waals surface area (Å²) in [6.45, 7) is 6.15. The second-order valence-corrected chi connectivity index (χ2v) is 4.90. The quantitative estimate of drug-likeness (QED) is 0.698. The highest BCUT2D eigenvalue weighted by Crippen LogP contribution is 2.28. The molecule has 0 aliphatic heterocycles. The molecule has 0 unspecified atom stereocenters. The van der Waals surface area contributed by atoms with E-state index in [0.717, 1.165) is 18.7 Å². The molecule has 0 amide bonds. The molecule has 0 saturated heterocycles. The maximum absolute atomic E-state index is 12.0. The van der Waals surface area contributed by atoms with Gasteiger partial charge in [-0.1, -0.05) is 19.9 Å². The Morgan fingerprint density at radius 3 is 2.68 bits per heavy atom. The number of alkyl halides is 1. The van der Waals surface area contributed by atoms with Crippen molar-refractivity contribution in [3.05, 3.63) is 23.8 Å². The third-order valence-electron chi connectivity index (χ3n) is 2.65. The summed E-state index contributed by atoms with van der Waals surface area (Å²) in [7, 11) is 1.61. The topological polar surface area (TPSA) is 30.5 Å². The van der Waals surface area contributed by atoms with Gasteiger partial charge in [-0.15, -0.1) is 0 Å². The molecule has 3 nitrogen and oxygen atoms in total. The van der Waals surface area contributed by atoms with Crippen LogP contribution in [0, 0.1) is 5.92 Å². The van der Waals surface area contributed by atoms with Crippen LogP contribution in [0.15, 0.2) is 18.2 Å². The van der Waals surface area contributed by atoms with Crippen LogP contribution in [0.3, 0.4) is 0 Å². The van der Waals surface area contributed by atoms with E-state index in [1.807, 2.05) is 18.2 Å². The highest BCUT2D eigenvalue weighted by Gasteiger charge is 2.06. The van der Waals surface area contributed by atoms with Crippen molar-refractivity contribution in [2.24, 2.45) is 5.92 Å². The Balaban J connectivity index is 2.56. The SMILES string of the molecule is COc1cc(CNCC(C)C)ccc1OCCCF. The zero-order chi connectivity index (χ0) is 14.1. The molecule has 1 aromatic rings. The van der Waals surface area contributed by atoms with Crippen LogP contribution in [-0.2, 0) is 6.54 Å². The highest BCUT2D eigenvalue weighted by atomic mass is 19.1. The van der Waals surface area contributed by atoms with Crippen molar-refractivity contribution in [3.8, 4) is 11.5 Å². The normalized spacial score (nSPS) is 10.8. The molecule has 0 spiro atoms. The van der Waals surface area contributed by atoms with Crippen molar-refractivity contribution < 1.29 is 13.9 Å². The molecule has 0 aromatic heterocycles. The lowest BCUT2D eigenvalue weighted by atomic mass is 10.2. The second-order valence-electron chi connectivity index (χ2n) is 4.90. The molecule has 0 fully saturated rings. The molecule has 0 heterocycles. The molecule has 1 N–H and O–H groups in total. The van der Waals surface area contributed by atoms with Gasteiger partial charge in [-0.3, -0.25) is 4.39 Å². The maximum atomic E-state index is 12.0. The third-order valence-corrected chi connectivity index (χ3v) is 2.65. The Bertz CT molecular complexity index is 369. The molecule has 19 heavy (non-hydrogen) atoms. The van der Waals surface area contributed by atoms with Gasteiger partial charge in [0, 0.05) is 13.0 Å². The number of methoxy groups -OCH3 is 1. The van der Waals surface area contributed by atoms with Gasteiger partial charge >= 0.3 is 0 Å². The number of hydrogen-bond donors (Lipinski definition) is 1. The molecule has 1 rings (SSSR count). The predicted octanol–water partition coefficient (Wildman–Crippen LogP) is 3.18. The van der Waals surface area contributed by atoms with Crippen LogP contribution in [0.25, 0.3) is 0 Å². The molecule has 0 aliphatic rings. The average Bonchev–Trinajstić information content (AvgIpc) is 2.39. The van der Waals surface area contributed by atoms with Gasteiger partial charge < -0.3 is 14.8 Å². The molecule has 0 aliphatic carbocycles. The largest absolute Gasteiger partial charge is 0.493 e. The van der Waals surface area contributed by atoms with E-state index in [1.165, 1.54) is 0 Å². The van der Waals surface area contributed by atoms with Crippen molar-refractivity contribution in [2.75, 3.05) is 26.9 Å². The van der Waals surface area contributed by atoms with Crippen LogP contribution in [0.4, 0.5) is 4.39 Å². The Hall–Kier alpha value is -1.29. The van der Waals surface area contributed by atoms with E-state index in [-0.39, 0.29) is 6.67 Å². The minimum atomic E-state index is -0.362. The first-order valence-electron chi connectivity index (χ1n) is 6.73. The molecule has 1 aromatic carbocycles. The molecule has 0 saturated carbocycles. The first-order valence-corrected chi connectivity index (χ1v) is 6.73. The lowest BCUT2D eigenvalue weighted by Gasteiger charge is -2.12. The standard InChI is InChI=1S/C15H24FNO2/c1-12(2)10-17-11-13-5-6-14(15(9-13)18-3)19-8-4-7-16/h5-6,9,12,17H,4,7-8,10-11H2,1-3H3. The van der Waals surface area contributed by atoms with Crippen LogP contribution >= 0.6 is 0 Å². The summed E-state index contributed by atoms with van der Waals surface area (Å²) in [5, 5.41) is 3.38. The minimum Gasteiger partial charge on any atom is -0.493 e. The van der Waals surface area contributed by atoms with E-state index in [1.54, 1.807) is 7.11 Å². The Morgan fingerprint density at radius 2 is 2.05 bits per heavy atom. The average molecular weight is 269 g/mol. The Labute approximate surface area is 115 Å². The van der Waals surface area contributed by atoms with E-state index in [0.29, 0.717) is 30.4 Å². The molecular weight excluding hydrogens is 245 g/mol. The predicted molar refractivity (Wildman–Crippen MR) is 75.6 cm³/mol. The smallest absolute Gasteiger partial charge is 0.161 e. The van der Waals surface area contributed by atoms with Crippen LogP contribution in [-0.4, -0.2) is 26.9 Å². The van der Waals surface area contributed by atoms with E-state index >= 15 is 0 Å². The Morgan fingerprint density at radius 1 is 1.26 bits per heavy atom.